The molecule has 3 nitrogen and oxygen atoms in total. The Kier molecular flexibility index (Phi) is 4.56. The quantitative estimate of drug-likeness (QED) is 0.617. The van der Waals surface area contributed by atoms with E-state index in [0.29, 0.717) is 12.3 Å². The van der Waals surface area contributed by atoms with Crippen LogP contribution >= 0.6 is 11.6 Å². The van der Waals surface area contributed by atoms with Crippen molar-refractivity contribution in [2.75, 3.05) is 7.11 Å². The summed E-state index contributed by atoms with van der Waals surface area (Å²) in [6.45, 7) is 0. The van der Waals surface area contributed by atoms with E-state index in [0.717, 1.165) is 18.4 Å². The van der Waals surface area contributed by atoms with E-state index in [1.165, 1.54) is 6.07 Å². The first-order valence-corrected chi connectivity index (χ1v) is 6.47. The molecular weight excluding hydrogens is 255 g/mol. The lowest BCUT2D eigenvalue weighted by atomic mass is 9.98. The summed E-state index contributed by atoms with van der Waals surface area (Å²) in [6.07, 6.45) is 2.93. The third-order valence-corrected chi connectivity index (χ3v) is 3.86. The van der Waals surface area contributed by atoms with E-state index < -0.39 is 5.82 Å². The lowest BCUT2D eigenvalue weighted by Gasteiger charge is -2.25. The molecule has 18 heavy (non-hydrogen) atoms. The van der Waals surface area contributed by atoms with E-state index in [9.17, 15) is 4.39 Å². The van der Waals surface area contributed by atoms with Gasteiger partial charge in [0.1, 0.15) is 5.82 Å². The van der Waals surface area contributed by atoms with Gasteiger partial charge in [0.25, 0.3) is 0 Å². The normalized spacial score (nSPS) is 18.7. The van der Waals surface area contributed by atoms with Crippen molar-refractivity contribution in [1.82, 2.24) is 5.43 Å². The van der Waals surface area contributed by atoms with Gasteiger partial charge in [0.05, 0.1) is 17.2 Å². The van der Waals surface area contributed by atoms with Crippen LogP contribution in [0.1, 0.15) is 18.4 Å². The van der Waals surface area contributed by atoms with Crippen LogP contribution in [-0.4, -0.2) is 19.3 Å². The third kappa shape index (κ3) is 3.01. The van der Waals surface area contributed by atoms with Crippen LogP contribution in [0.3, 0.4) is 0 Å². The second-order valence-corrected chi connectivity index (χ2v) is 5.11. The zero-order valence-corrected chi connectivity index (χ0v) is 11.1. The first-order chi connectivity index (χ1) is 8.67. The fourth-order valence-corrected chi connectivity index (χ4v) is 2.53. The van der Waals surface area contributed by atoms with Gasteiger partial charge in [0.15, 0.2) is 0 Å². The van der Waals surface area contributed by atoms with Gasteiger partial charge in [-0.3, -0.25) is 11.3 Å². The summed E-state index contributed by atoms with van der Waals surface area (Å²) >= 11 is 5.95. The van der Waals surface area contributed by atoms with Crippen LogP contribution in [-0.2, 0) is 11.2 Å². The highest BCUT2D eigenvalue weighted by Crippen LogP contribution is 2.36. The Morgan fingerprint density at radius 3 is 2.83 bits per heavy atom. The Balaban J connectivity index is 2.11. The summed E-state index contributed by atoms with van der Waals surface area (Å²) in [5, 5.41) is 0.170. The summed E-state index contributed by atoms with van der Waals surface area (Å²) in [4.78, 5) is 0. The molecule has 2 atom stereocenters. The summed E-state index contributed by atoms with van der Waals surface area (Å²) in [6, 6.07) is 4.77. The van der Waals surface area contributed by atoms with Gasteiger partial charge >= 0.3 is 0 Å². The molecule has 1 aromatic carbocycles. The number of methoxy groups -OCH3 is 1. The Labute approximate surface area is 111 Å². The van der Waals surface area contributed by atoms with Crippen molar-refractivity contribution in [1.29, 1.82) is 0 Å². The molecule has 1 aliphatic carbocycles. The molecule has 0 aromatic heterocycles. The number of benzene rings is 1. The van der Waals surface area contributed by atoms with E-state index in [1.54, 1.807) is 13.2 Å². The van der Waals surface area contributed by atoms with Crippen LogP contribution in [0.15, 0.2) is 18.2 Å². The van der Waals surface area contributed by atoms with Crippen molar-refractivity contribution in [3.63, 3.8) is 0 Å². The van der Waals surface area contributed by atoms with Gasteiger partial charge in [0.2, 0.25) is 0 Å². The van der Waals surface area contributed by atoms with E-state index in [-0.39, 0.29) is 17.2 Å². The maximum absolute atomic E-state index is 13.4. The third-order valence-electron chi connectivity index (χ3n) is 3.44. The zero-order valence-electron chi connectivity index (χ0n) is 10.3. The first-order valence-electron chi connectivity index (χ1n) is 6.09. The lowest BCUT2D eigenvalue weighted by molar-refractivity contribution is 0.0511. The molecule has 1 saturated carbocycles. The van der Waals surface area contributed by atoms with Gasteiger partial charge in [-0.2, -0.15) is 0 Å². The molecular formula is C13H18ClFN2O. The Morgan fingerprint density at radius 1 is 1.56 bits per heavy atom. The molecule has 2 rings (SSSR count). The van der Waals surface area contributed by atoms with Gasteiger partial charge in [-0.25, -0.2) is 4.39 Å². The molecule has 3 N–H and O–H groups in total. The van der Waals surface area contributed by atoms with Crippen molar-refractivity contribution < 1.29 is 9.13 Å². The smallest absolute Gasteiger partial charge is 0.142 e. The van der Waals surface area contributed by atoms with Gasteiger partial charge in [0, 0.05) is 7.11 Å². The first kappa shape index (κ1) is 13.7. The fraction of sp³-hybridized carbons (Fsp3) is 0.538. The lowest BCUT2D eigenvalue weighted by Crippen LogP contribution is -2.47. The summed E-state index contributed by atoms with van der Waals surface area (Å²) in [7, 11) is 1.68. The Hall–Kier alpha value is -0.680. The average molecular weight is 273 g/mol. The van der Waals surface area contributed by atoms with Crippen molar-refractivity contribution in [2.45, 2.75) is 31.4 Å². The summed E-state index contributed by atoms with van der Waals surface area (Å²) < 4.78 is 18.9. The van der Waals surface area contributed by atoms with E-state index in [2.05, 4.69) is 5.43 Å². The second kappa shape index (κ2) is 5.97. The minimum absolute atomic E-state index is 0.0503. The monoisotopic (exact) mass is 272 g/mol. The minimum atomic E-state index is -0.398. The van der Waals surface area contributed by atoms with Crippen LogP contribution in [0.4, 0.5) is 4.39 Å². The van der Waals surface area contributed by atoms with E-state index in [4.69, 9.17) is 22.2 Å². The molecule has 0 radical (unpaired) electrons. The molecule has 1 aromatic rings. The van der Waals surface area contributed by atoms with Crippen LogP contribution in [0.2, 0.25) is 5.02 Å². The number of hydrogen-bond acceptors (Lipinski definition) is 3. The molecule has 1 fully saturated rings. The fourth-order valence-electron chi connectivity index (χ4n) is 2.32. The number of hydrogen-bond donors (Lipinski definition) is 2. The molecule has 0 amide bonds. The molecule has 2 unspecified atom stereocenters. The van der Waals surface area contributed by atoms with Gasteiger partial charge < -0.3 is 4.74 Å². The second-order valence-electron chi connectivity index (χ2n) is 4.73. The maximum Gasteiger partial charge on any atom is 0.142 e. The molecule has 0 spiro atoms. The van der Waals surface area contributed by atoms with E-state index in [1.807, 2.05) is 6.07 Å². The molecule has 0 aliphatic heterocycles. The summed E-state index contributed by atoms with van der Waals surface area (Å²) in [5.74, 6) is 5.73. The number of nitrogens with two attached hydrogens (primary N) is 1. The number of hydrazine groups is 1. The summed E-state index contributed by atoms with van der Waals surface area (Å²) in [5.41, 5.74) is 3.52. The topological polar surface area (TPSA) is 47.3 Å². The predicted octanol–water partition coefficient (Wildman–Crippen LogP) is 2.28. The van der Waals surface area contributed by atoms with Crippen LogP contribution in [0, 0.1) is 11.7 Å². The highest BCUT2D eigenvalue weighted by molar-refractivity contribution is 6.31. The largest absolute Gasteiger partial charge is 0.379 e. The molecule has 0 heterocycles. The van der Waals surface area contributed by atoms with Crippen molar-refractivity contribution >= 4 is 11.6 Å². The van der Waals surface area contributed by atoms with Crippen LogP contribution < -0.4 is 11.3 Å². The molecule has 0 saturated heterocycles. The zero-order chi connectivity index (χ0) is 13.1. The highest BCUT2D eigenvalue weighted by Gasteiger charge is 2.36. The molecule has 5 heteroatoms. The van der Waals surface area contributed by atoms with Crippen LogP contribution in [0.5, 0.6) is 0 Å². The Bertz CT molecular complexity index is 412. The molecule has 1 aliphatic rings. The SMILES string of the molecule is COC(C1CC1)C(Cc1cccc(F)c1Cl)NN. The number of rotatable bonds is 6. The van der Waals surface area contributed by atoms with Gasteiger partial charge in [-0.15, -0.1) is 0 Å². The minimum Gasteiger partial charge on any atom is -0.379 e. The average Bonchev–Trinajstić information content (AvgIpc) is 3.18. The highest BCUT2D eigenvalue weighted by atomic mass is 35.5. The number of halogens is 2. The number of nitrogens with one attached hydrogen (secondary N) is 1. The van der Waals surface area contributed by atoms with Gasteiger partial charge in [-0.05, 0) is 36.8 Å². The van der Waals surface area contributed by atoms with Gasteiger partial charge in [-0.1, -0.05) is 23.7 Å². The van der Waals surface area contributed by atoms with E-state index >= 15 is 0 Å². The maximum atomic E-state index is 13.4. The molecule has 100 valence electrons. The number of ether oxygens (including phenoxy) is 1. The van der Waals surface area contributed by atoms with Crippen molar-refractivity contribution in [3.05, 3.63) is 34.6 Å². The predicted molar refractivity (Wildman–Crippen MR) is 69.7 cm³/mol. The van der Waals surface area contributed by atoms with Crippen molar-refractivity contribution in [2.24, 2.45) is 11.8 Å². The Morgan fingerprint density at radius 2 is 2.28 bits per heavy atom. The standard InChI is InChI=1S/C13H18ClFN2O/c1-18-13(8-5-6-8)11(17-16)7-9-3-2-4-10(15)12(9)14/h2-4,8,11,13,17H,5-7,16H2,1H3. The molecule has 0 bridgehead atoms. The van der Waals surface area contributed by atoms with Crippen molar-refractivity contribution in [3.8, 4) is 0 Å². The van der Waals surface area contributed by atoms with Crippen LogP contribution in [0.25, 0.3) is 0 Å².